The Balaban J connectivity index is 2.00. The number of benzene rings is 1. The quantitative estimate of drug-likeness (QED) is 0.822. The summed E-state index contributed by atoms with van der Waals surface area (Å²) in [6.07, 6.45) is 2.37. The van der Waals surface area contributed by atoms with E-state index >= 15 is 0 Å². The van der Waals surface area contributed by atoms with Crippen molar-refractivity contribution in [3.63, 3.8) is 0 Å². The molecular formula is C15H23FN2O. The molecule has 0 aromatic heterocycles. The molecule has 0 saturated carbocycles. The number of aliphatic hydroxyl groups is 1. The van der Waals surface area contributed by atoms with E-state index in [1.165, 1.54) is 12.5 Å². The number of rotatable bonds is 6. The maximum atomic E-state index is 13.8. The standard InChI is InChI=1S/C15H23FN2O/c1-12-4-5-15(16)13(9-12)10-18(7-8-19)11-14-3-2-6-17-14/h4-5,9,14,17,19H,2-3,6-8,10-11H2,1H3. The predicted molar refractivity (Wildman–Crippen MR) is 74.5 cm³/mol. The van der Waals surface area contributed by atoms with E-state index < -0.39 is 0 Å². The Morgan fingerprint density at radius 2 is 2.32 bits per heavy atom. The Hall–Kier alpha value is -0.970. The van der Waals surface area contributed by atoms with Gasteiger partial charge in [-0.25, -0.2) is 4.39 Å². The molecule has 1 saturated heterocycles. The molecule has 1 atom stereocenters. The molecular weight excluding hydrogens is 243 g/mol. The van der Waals surface area contributed by atoms with E-state index in [1.807, 2.05) is 13.0 Å². The molecule has 1 unspecified atom stereocenters. The second-order valence-corrected chi connectivity index (χ2v) is 5.35. The van der Waals surface area contributed by atoms with Gasteiger partial charge in [-0.15, -0.1) is 0 Å². The highest BCUT2D eigenvalue weighted by atomic mass is 19.1. The maximum absolute atomic E-state index is 13.8. The number of nitrogens with one attached hydrogen (secondary N) is 1. The largest absolute Gasteiger partial charge is 0.395 e. The van der Waals surface area contributed by atoms with E-state index in [2.05, 4.69) is 10.2 Å². The average Bonchev–Trinajstić information content (AvgIpc) is 2.87. The van der Waals surface area contributed by atoms with Crippen LogP contribution in [0.4, 0.5) is 4.39 Å². The molecule has 19 heavy (non-hydrogen) atoms. The van der Waals surface area contributed by atoms with Crippen LogP contribution in [-0.2, 0) is 6.54 Å². The molecule has 1 aliphatic rings. The van der Waals surface area contributed by atoms with Gasteiger partial charge in [-0.05, 0) is 32.4 Å². The van der Waals surface area contributed by atoms with E-state index in [9.17, 15) is 4.39 Å². The van der Waals surface area contributed by atoms with E-state index in [-0.39, 0.29) is 12.4 Å². The highest BCUT2D eigenvalue weighted by Gasteiger charge is 2.18. The van der Waals surface area contributed by atoms with Crippen LogP contribution in [0.2, 0.25) is 0 Å². The van der Waals surface area contributed by atoms with Gasteiger partial charge in [0.05, 0.1) is 6.61 Å². The number of hydrogen-bond donors (Lipinski definition) is 2. The van der Waals surface area contributed by atoms with Crippen LogP contribution in [0.15, 0.2) is 18.2 Å². The lowest BCUT2D eigenvalue weighted by atomic mass is 10.1. The summed E-state index contributed by atoms with van der Waals surface area (Å²) >= 11 is 0. The molecule has 106 valence electrons. The molecule has 3 nitrogen and oxygen atoms in total. The first-order valence-corrected chi connectivity index (χ1v) is 7.00. The van der Waals surface area contributed by atoms with Gasteiger partial charge in [-0.3, -0.25) is 4.90 Å². The van der Waals surface area contributed by atoms with Crippen LogP contribution in [0.1, 0.15) is 24.0 Å². The van der Waals surface area contributed by atoms with Gasteiger partial charge in [0.2, 0.25) is 0 Å². The second-order valence-electron chi connectivity index (χ2n) is 5.35. The molecule has 0 amide bonds. The van der Waals surface area contributed by atoms with Gasteiger partial charge >= 0.3 is 0 Å². The summed E-state index contributed by atoms with van der Waals surface area (Å²) < 4.78 is 13.8. The third kappa shape index (κ3) is 4.27. The minimum Gasteiger partial charge on any atom is -0.395 e. The molecule has 0 spiro atoms. The SMILES string of the molecule is Cc1ccc(F)c(CN(CCO)CC2CCCN2)c1. The fourth-order valence-electron chi connectivity index (χ4n) is 2.67. The Bertz CT molecular complexity index is 405. The van der Waals surface area contributed by atoms with Crippen LogP contribution in [0, 0.1) is 12.7 Å². The number of aliphatic hydroxyl groups excluding tert-OH is 1. The van der Waals surface area contributed by atoms with Gasteiger partial charge < -0.3 is 10.4 Å². The van der Waals surface area contributed by atoms with Crippen LogP contribution >= 0.6 is 0 Å². The van der Waals surface area contributed by atoms with Crippen LogP contribution in [-0.4, -0.2) is 42.3 Å². The highest BCUT2D eigenvalue weighted by Crippen LogP contribution is 2.14. The Labute approximate surface area is 114 Å². The number of halogens is 1. The van der Waals surface area contributed by atoms with Gasteiger partial charge in [0, 0.05) is 31.2 Å². The van der Waals surface area contributed by atoms with Crippen LogP contribution < -0.4 is 5.32 Å². The van der Waals surface area contributed by atoms with Gasteiger partial charge in [0.25, 0.3) is 0 Å². The maximum Gasteiger partial charge on any atom is 0.127 e. The molecule has 1 fully saturated rings. The molecule has 1 aromatic carbocycles. The molecule has 4 heteroatoms. The van der Waals surface area contributed by atoms with Gasteiger partial charge in [0.1, 0.15) is 5.82 Å². The summed E-state index contributed by atoms with van der Waals surface area (Å²) in [7, 11) is 0. The van der Waals surface area contributed by atoms with Crippen LogP contribution in [0.25, 0.3) is 0 Å². The highest BCUT2D eigenvalue weighted by molar-refractivity contribution is 5.24. The molecule has 0 bridgehead atoms. The summed E-state index contributed by atoms with van der Waals surface area (Å²) in [6, 6.07) is 5.67. The zero-order valence-corrected chi connectivity index (χ0v) is 11.5. The monoisotopic (exact) mass is 266 g/mol. The first kappa shape index (κ1) is 14.4. The van der Waals surface area contributed by atoms with Crippen molar-refractivity contribution in [2.24, 2.45) is 0 Å². The van der Waals surface area contributed by atoms with Crippen LogP contribution in [0.3, 0.4) is 0 Å². The van der Waals surface area contributed by atoms with Crippen molar-refractivity contribution in [2.45, 2.75) is 32.4 Å². The Morgan fingerprint density at radius 1 is 1.47 bits per heavy atom. The van der Waals surface area contributed by atoms with Crippen LogP contribution in [0.5, 0.6) is 0 Å². The average molecular weight is 266 g/mol. The molecule has 1 heterocycles. The summed E-state index contributed by atoms with van der Waals surface area (Å²) in [5, 5.41) is 12.6. The van der Waals surface area contributed by atoms with Crippen molar-refractivity contribution < 1.29 is 9.50 Å². The fraction of sp³-hybridized carbons (Fsp3) is 0.600. The van der Waals surface area contributed by atoms with E-state index in [1.54, 1.807) is 6.07 Å². The lowest BCUT2D eigenvalue weighted by molar-refractivity contribution is 0.177. The Kier molecular flexibility index (Phi) is 5.31. The molecule has 1 aliphatic heterocycles. The van der Waals surface area contributed by atoms with Gasteiger partial charge in [0.15, 0.2) is 0 Å². The first-order chi connectivity index (χ1) is 9.19. The lowest BCUT2D eigenvalue weighted by Gasteiger charge is -2.25. The molecule has 2 rings (SSSR count). The van der Waals surface area contributed by atoms with E-state index in [0.29, 0.717) is 24.7 Å². The lowest BCUT2D eigenvalue weighted by Crippen LogP contribution is -2.38. The van der Waals surface area contributed by atoms with Crippen molar-refractivity contribution in [3.8, 4) is 0 Å². The summed E-state index contributed by atoms with van der Waals surface area (Å²) in [5.74, 6) is -0.159. The van der Waals surface area contributed by atoms with E-state index in [4.69, 9.17) is 5.11 Å². The fourth-order valence-corrected chi connectivity index (χ4v) is 2.67. The second kappa shape index (κ2) is 6.98. The number of nitrogens with zero attached hydrogens (tertiary/aromatic N) is 1. The summed E-state index contributed by atoms with van der Waals surface area (Å²) in [6.45, 7) is 5.17. The first-order valence-electron chi connectivity index (χ1n) is 7.00. The normalized spacial score (nSPS) is 19.3. The van der Waals surface area contributed by atoms with Gasteiger partial charge in [-0.2, -0.15) is 0 Å². The van der Waals surface area contributed by atoms with E-state index in [0.717, 1.165) is 25.1 Å². The van der Waals surface area contributed by atoms with Crippen molar-refractivity contribution in [1.29, 1.82) is 0 Å². The zero-order chi connectivity index (χ0) is 13.7. The number of aryl methyl sites for hydroxylation is 1. The summed E-state index contributed by atoms with van der Waals surface area (Å²) in [5.41, 5.74) is 1.78. The minimum atomic E-state index is -0.159. The van der Waals surface area contributed by atoms with Crippen molar-refractivity contribution >= 4 is 0 Å². The van der Waals surface area contributed by atoms with Crippen molar-refractivity contribution in [2.75, 3.05) is 26.2 Å². The molecule has 1 aromatic rings. The summed E-state index contributed by atoms with van der Waals surface area (Å²) in [4.78, 5) is 2.13. The molecule has 0 radical (unpaired) electrons. The molecule has 2 N–H and O–H groups in total. The molecule has 0 aliphatic carbocycles. The van der Waals surface area contributed by atoms with Gasteiger partial charge in [-0.1, -0.05) is 17.7 Å². The number of hydrogen-bond acceptors (Lipinski definition) is 3. The third-order valence-electron chi connectivity index (χ3n) is 3.65. The van der Waals surface area contributed by atoms with Crippen molar-refractivity contribution in [1.82, 2.24) is 10.2 Å². The van der Waals surface area contributed by atoms with Crippen molar-refractivity contribution in [3.05, 3.63) is 35.1 Å². The smallest absolute Gasteiger partial charge is 0.127 e. The Morgan fingerprint density at radius 3 is 3.00 bits per heavy atom. The topological polar surface area (TPSA) is 35.5 Å². The predicted octanol–water partition coefficient (Wildman–Crippen LogP) is 1.68. The zero-order valence-electron chi connectivity index (χ0n) is 11.5. The third-order valence-corrected chi connectivity index (χ3v) is 3.65. The minimum absolute atomic E-state index is 0.111.